The number of nitrogens with zero attached hydrogens (tertiary/aromatic N) is 1. The number of H-pyrrole nitrogens is 1. The standard InChI is InChI=1S/C17H28N6O5/c1-9(2)4-13(17(27)28)23-15(25)10(3)21-16(26)12(22-14(24)6-18)5-11-7-19-8-20-11/h7-10,12-13H,4-6,18H2,1-3H3,(H,19,20)(H,21,26)(H,22,24)(H,23,25)(H,27,28). The molecule has 0 bridgehead atoms. The first-order chi connectivity index (χ1) is 13.1. The Labute approximate surface area is 162 Å². The van der Waals surface area contributed by atoms with Crippen molar-refractivity contribution >= 4 is 23.7 Å². The molecular formula is C17H28N6O5. The van der Waals surface area contributed by atoms with Crippen LogP contribution in [0.4, 0.5) is 0 Å². The van der Waals surface area contributed by atoms with Crippen LogP contribution in [0.15, 0.2) is 12.5 Å². The normalized spacial score (nSPS) is 14.0. The Bertz CT molecular complexity index is 676. The molecule has 11 heteroatoms. The van der Waals surface area contributed by atoms with Crippen molar-refractivity contribution in [2.24, 2.45) is 11.7 Å². The fourth-order valence-electron chi connectivity index (χ4n) is 2.45. The number of carboxylic acid groups (broad SMARTS) is 1. The molecule has 1 aromatic rings. The van der Waals surface area contributed by atoms with Gasteiger partial charge in [0, 0.05) is 18.3 Å². The number of aromatic amines is 1. The predicted octanol–water partition coefficient (Wildman–Crippen LogP) is -1.48. The SMILES string of the molecule is CC(C)CC(NC(=O)C(C)NC(=O)C(Cc1cnc[nH]1)NC(=O)CN)C(=O)O. The molecule has 11 nitrogen and oxygen atoms in total. The summed E-state index contributed by atoms with van der Waals surface area (Å²) in [6.07, 6.45) is 3.33. The van der Waals surface area contributed by atoms with Gasteiger partial charge in [0.15, 0.2) is 0 Å². The smallest absolute Gasteiger partial charge is 0.326 e. The number of imidazole rings is 1. The second-order valence-electron chi connectivity index (χ2n) is 6.86. The molecule has 0 saturated carbocycles. The van der Waals surface area contributed by atoms with Crippen LogP contribution in [0.3, 0.4) is 0 Å². The van der Waals surface area contributed by atoms with E-state index in [0.717, 1.165) is 0 Å². The van der Waals surface area contributed by atoms with E-state index < -0.39 is 41.8 Å². The van der Waals surface area contributed by atoms with Gasteiger partial charge in [0.05, 0.1) is 12.9 Å². The van der Waals surface area contributed by atoms with E-state index in [1.54, 1.807) is 0 Å². The van der Waals surface area contributed by atoms with Crippen LogP contribution < -0.4 is 21.7 Å². The van der Waals surface area contributed by atoms with Crippen LogP contribution in [0.1, 0.15) is 32.9 Å². The number of carbonyl (C=O) groups excluding carboxylic acids is 3. The lowest BCUT2D eigenvalue weighted by Gasteiger charge is -2.22. The Morgan fingerprint density at radius 1 is 1.11 bits per heavy atom. The third-order valence-corrected chi connectivity index (χ3v) is 3.89. The van der Waals surface area contributed by atoms with Gasteiger partial charge in [0.1, 0.15) is 18.1 Å². The van der Waals surface area contributed by atoms with Crippen LogP contribution in [-0.4, -0.2) is 63.4 Å². The van der Waals surface area contributed by atoms with Crippen LogP contribution in [-0.2, 0) is 25.6 Å². The number of aromatic nitrogens is 2. The van der Waals surface area contributed by atoms with Crippen molar-refractivity contribution in [3.63, 3.8) is 0 Å². The number of carbonyl (C=O) groups is 4. The molecule has 0 radical (unpaired) electrons. The van der Waals surface area contributed by atoms with Crippen LogP contribution >= 0.6 is 0 Å². The number of nitrogens with two attached hydrogens (primary N) is 1. The lowest BCUT2D eigenvalue weighted by Crippen LogP contribution is -2.55. The molecule has 0 spiro atoms. The van der Waals surface area contributed by atoms with Gasteiger partial charge < -0.3 is 31.8 Å². The monoisotopic (exact) mass is 396 g/mol. The Morgan fingerprint density at radius 3 is 2.29 bits per heavy atom. The van der Waals surface area contributed by atoms with E-state index in [1.807, 2.05) is 13.8 Å². The third kappa shape index (κ3) is 7.74. The predicted molar refractivity (Wildman–Crippen MR) is 99.9 cm³/mol. The summed E-state index contributed by atoms with van der Waals surface area (Å²) in [5.41, 5.74) is 5.89. The van der Waals surface area contributed by atoms with Crippen molar-refractivity contribution in [1.29, 1.82) is 0 Å². The molecular weight excluding hydrogens is 368 g/mol. The minimum Gasteiger partial charge on any atom is -0.480 e. The van der Waals surface area contributed by atoms with Crippen LogP contribution in [0.25, 0.3) is 0 Å². The molecule has 1 aromatic heterocycles. The van der Waals surface area contributed by atoms with Gasteiger partial charge in [-0.25, -0.2) is 9.78 Å². The average molecular weight is 396 g/mol. The summed E-state index contributed by atoms with van der Waals surface area (Å²) in [6.45, 7) is 4.82. The quantitative estimate of drug-likeness (QED) is 0.264. The Morgan fingerprint density at radius 2 is 1.79 bits per heavy atom. The van der Waals surface area contributed by atoms with Crippen LogP contribution in [0.2, 0.25) is 0 Å². The number of rotatable bonds is 11. The van der Waals surface area contributed by atoms with Gasteiger partial charge in [-0.1, -0.05) is 13.8 Å². The highest BCUT2D eigenvalue weighted by Gasteiger charge is 2.27. The van der Waals surface area contributed by atoms with Gasteiger partial charge in [0.2, 0.25) is 17.7 Å². The number of amides is 3. The molecule has 3 unspecified atom stereocenters. The lowest BCUT2D eigenvalue weighted by atomic mass is 10.0. The molecule has 0 aliphatic rings. The number of carboxylic acids is 1. The molecule has 3 amide bonds. The minimum absolute atomic E-state index is 0.0663. The van der Waals surface area contributed by atoms with Gasteiger partial charge in [0.25, 0.3) is 0 Å². The van der Waals surface area contributed by atoms with Crippen molar-refractivity contribution in [3.05, 3.63) is 18.2 Å². The zero-order valence-corrected chi connectivity index (χ0v) is 16.2. The number of aliphatic carboxylic acids is 1. The zero-order chi connectivity index (χ0) is 21.3. The Balaban J connectivity index is 2.74. The first kappa shape index (κ1) is 23.1. The average Bonchev–Trinajstić information content (AvgIpc) is 3.12. The van der Waals surface area contributed by atoms with E-state index in [4.69, 9.17) is 5.73 Å². The molecule has 0 fully saturated rings. The van der Waals surface area contributed by atoms with E-state index in [0.29, 0.717) is 5.69 Å². The van der Waals surface area contributed by atoms with Crippen molar-refractivity contribution in [3.8, 4) is 0 Å². The molecule has 1 heterocycles. The molecule has 156 valence electrons. The maximum atomic E-state index is 12.5. The first-order valence-corrected chi connectivity index (χ1v) is 8.94. The molecule has 0 saturated heterocycles. The van der Waals surface area contributed by atoms with Crippen LogP contribution in [0, 0.1) is 5.92 Å². The number of nitrogens with one attached hydrogen (secondary N) is 4. The van der Waals surface area contributed by atoms with Crippen molar-refractivity contribution < 1.29 is 24.3 Å². The largest absolute Gasteiger partial charge is 0.480 e. The summed E-state index contributed by atoms with van der Waals surface area (Å²) in [5, 5.41) is 16.6. The highest BCUT2D eigenvalue weighted by molar-refractivity contribution is 5.93. The van der Waals surface area contributed by atoms with Crippen molar-refractivity contribution in [2.45, 2.75) is 51.7 Å². The van der Waals surface area contributed by atoms with Gasteiger partial charge in [-0.15, -0.1) is 0 Å². The first-order valence-electron chi connectivity index (χ1n) is 8.94. The van der Waals surface area contributed by atoms with Crippen LogP contribution in [0.5, 0.6) is 0 Å². The Kier molecular flexibility index (Phi) is 9.09. The summed E-state index contributed by atoms with van der Waals surface area (Å²) in [4.78, 5) is 54.4. The van der Waals surface area contributed by atoms with E-state index in [2.05, 4.69) is 25.9 Å². The Hall–Kier alpha value is -2.95. The third-order valence-electron chi connectivity index (χ3n) is 3.89. The highest BCUT2D eigenvalue weighted by atomic mass is 16.4. The number of hydrogen-bond donors (Lipinski definition) is 6. The van der Waals surface area contributed by atoms with Gasteiger partial charge in [-0.05, 0) is 19.3 Å². The molecule has 0 aliphatic carbocycles. The summed E-state index contributed by atoms with van der Waals surface area (Å²) < 4.78 is 0. The molecule has 0 aromatic carbocycles. The van der Waals surface area contributed by atoms with E-state index in [1.165, 1.54) is 19.4 Å². The van der Waals surface area contributed by atoms with Gasteiger partial charge >= 0.3 is 5.97 Å². The maximum absolute atomic E-state index is 12.5. The highest BCUT2D eigenvalue weighted by Crippen LogP contribution is 2.05. The molecule has 1 rings (SSSR count). The molecule has 0 aliphatic heterocycles. The lowest BCUT2D eigenvalue weighted by molar-refractivity contribution is -0.142. The van der Waals surface area contributed by atoms with E-state index >= 15 is 0 Å². The van der Waals surface area contributed by atoms with Gasteiger partial charge in [-0.2, -0.15) is 0 Å². The second-order valence-corrected chi connectivity index (χ2v) is 6.86. The molecule has 3 atom stereocenters. The summed E-state index contributed by atoms with van der Waals surface area (Å²) in [7, 11) is 0. The van der Waals surface area contributed by atoms with Crippen molar-refractivity contribution in [1.82, 2.24) is 25.9 Å². The molecule has 28 heavy (non-hydrogen) atoms. The van der Waals surface area contributed by atoms with E-state index in [9.17, 15) is 24.3 Å². The van der Waals surface area contributed by atoms with Gasteiger partial charge in [-0.3, -0.25) is 14.4 Å². The number of hydrogen-bond acceptors (Lipinski definition) is 6. The second kappa shape index (κ2) is 11.0. The summed E-state index contributed by atoms with van der Waals surface area (Å²) in [6, 6.07) is -3.03. The summed E-state index contributed by atoms with van der Waals surface area (Å²) in [5.74, 6) is -2.84. The minimum atomic E-state index is -1.15. The van der Waals surface area contributed by atoms with E-state index in [-0.39, 0.29) is 25.3 Å². The maximum Gasteiger partial charge on any atom is 0.326 e. The topological polar surface area (TPSA) is 179 Å². The fraction of sp³-hybridized carbons (Fsp3) is 0.588. The zero-order valence-electron chi connectivity index (χ0n) is 16.2. The molecule has 7 N–H and O–H groups in total. The summed E-state index contributed by atoms with van der Waals surface area (Å²) >= 11 is 0. The fourth-order valence-corrected chi connectivity index (χ4v) is 2.45. The van der Waals surface area contributed by atoms with Crippen molar-refractivity contribution in [2.75, 3.05) is 6.54 Å².